The number of carbonyl (C=O) groups excluding carboxylic acids is 1. The Balaban J connectivity index is 2.31. The smallest absolute Gasteiger partial charge is 0.296 e. The highest BCUT2D eigenvalue weighted by atomic mass is 19.2. The summed E-state index contributed by atoms with van der Waals surface area (Å²) in [5.41, 5.74) is -1.49. The maximum absolute atomic E-state index is 13.6. The van der Waals surface area contributed by atoms with E-state index in [2.05, 4.69) is 5.32 Å². The molecule has 2 aromatic carbocycles. The fraction of sp³-hybridized carbons (Fsp3) is 0.188. The van der Waals surface area contributed by atoms with Crippen LogP contribution in [-0.4, -0.2) is 17.4 Å². The first-order chi connectivity index (χ1) is 11.8. The summed E-state index contributed by atoms with van der Waals surface area (Å²) in [4.78, 5) is 22.4. The van der Waals surface area contributed by atoms with Crippen molar-refractivity contribution in [2.24, 2.45) is 0 Å². The number of nitro groups is 1. The first-order valence-corrected chi connectivity index (χ1v) is 7.21. The van der Waals surface area contributed by atoms with Gasteiger partial charge in [0.15, 0.2) is 17.5 Å². The molecule has 0 bridgehead atoms. The molecule has 0 saturated carbocycles. The average Bonchev–Trinajstić information content (AvgIpc) is 2.58. The molecular weight excluding hydrogens is 341 g/mol. The van der Waals surface area contributed by atoms with E-state index in [1.54, 1.807) is 0 Å². The van der Waals surface area contributed by atoms with Crippen molar-refractivity contribution in [1.29, 1.82) is 0 Å². The van der Waals surface area contributed by atoms with Crippen LogP contribution in [0.4, 0.5) is 24.5 Å². The first-order valence-electron chi connectivity index (χ1n) is 7.21. The second-order valence-electron chi connectivity index (χ2n) is 4.96. The van der Waals surface area contributed by atoms with Gasteiger partial charge in [-0.1, -0.05) is 6.92 Å². The molecule has 0 heterocycles. The highest BCUT2D eigenvalue weighted by Crippen LogP contribution is 2.30. The monoisotopic (exact) mass is 354 g/mol. The number of amides is 1. The second kappa shape index (κ2) is 7.65. The Kier molecular flexibility index (Phi) is 5.58. The quantitative estimate of drug-likeness (QED) is 0.482. The number of rotatable bonds is 6. The average molecular weight is 354 g/mol. The molecule has 132 valence electrons. The van der Waals surface area contributed by atoms with E-state index in [0.717, 1.165) is 12.1 Å². The van der Waals surface area contributed by atoms with Crippen molar-refractivity contribution in [2.45, 2.75) is 13.3 Å². The van der Waals surface area contributed by atoms with Crippen LogP contribution < -0.4 is 10.1 Å². The molecule has 0 atom stereocenters. The van der Waals surface area contributed by atoms with Gasteiger partial charge in [-0.05, 0) is 30.7 Å². The van der Waals surface area contributed by atoms with E-state index in [1.807, 2.05) is 6.92 Å². The van der Waals surface area contributed by atoms with E-state index < -0.39 is 39.5 Å². The van der Waals surface area contributed by atoms with Gasteiger partial charge in [0.25, 0.3) is 11.6 Å². The van der Waals surface area contributed by atoms with Crippen LogP contribution >= 0.6 is 0 Å². The van der Waals surface area contributed by atoms with Crippen molar-refractivity contribution >= 4 is 17.3 Å². The van der Waals surface area contributed by atoms with Gasteiger partial charge < -0.3 is 10.1 Å². The number of nitrogens with zero attached hydrogens (tertiary/aromatic N) is 1. The van der Waals surface area contributed by atoms with Gasteiger partial charge in [-0.3, -0.25) is 14.9 Å². The van der Waals surface area contributed by atoms with Crippen LogP contribution in [0, 0.1) is 27.6 Å². The molecule has 0 aromatic heterocycles. The van der Waals surface area contributed by atoms with Crippen LogP contribution in [0.25, 0.3) is 0 Å². The van der Waals surface area contributed by atoms with Gasteiger partial charge >= 0.3 is 0 Å². The summed E-state index contributed by atoms with van der Waals surface area (Å²) in [7, 11) is 0. The predicted molar refractivity (Wildman–Crippen MR) is 83.2 cm³/mol. The number of benzene rings is 2. The molecule has 0 spiro atoms. The number of hydrogen-bond acceptors (Lipinski definition) is 4. The molecule has 0 unspecified atom stereocenters. The topological polar surface area (TPSA) is 81.5 Å². The van der Waals surface area contributed by atoms with Gasteiger partial charge in [0.05, 0.1) is 23.2 Å². The maximum Gasteiger partial charge on any atom is 0.296 e. The molecule has 0 aliphatic heterocycles. The molecule has 2 rings (SSSR count). The van der Waals surface area contributed by atoms with Gasteiger partial charge in [-0.2, -0.15) is 0 Å². The van der Waals surface area contributed by atoms with Gasteiger partial charge in [0.2, 0.25) is 0 Å². The third-order valence-corrected chi connectivity index (χ3v) is 3.17. The fourth-order valence-electron chi connectivity index (χ4n) is 1.97. The van der Waals surface area contributed by atoms with Gasteiger partial charge in [0, 0.05) is 0 Å². The minimum Gasteiger partial charge on any atom is -0.493 e. The molecule has 0 saturated heterocycles. The van der Waals surface area contributed by atoms with Crippen LogP contribution in [-0.2, 0) is 0 Å². The van der Waals surface area contributed by atoms with E-state index >= 15 is 0 Å². The Labute approximate surface area is 140 Å². The molecule has 0 fully saturated rings. The molecule has 1 N–H and O–H groups in total. The normalized spacial score (nSPS) is 10.4. The molecule has 0 aliphatic carbocycles. The second-order valence-corrected chi connectivity index (χ2v) is 4.96. The van der Waals surface area contributed by atoms with Crippen LogP contribution in [0.3, 0.4) is 0 Å². The highest BCUT2D eigenvalue weighted by Gasteiger charge is 2.22. The Morgan fingerprint density at radius 1 is 1.20 bits per heavy atom. The molecule has 9 heteroatoms. The third-order valence-electron chi connectivity index (χ3n) is 3.17. The van der Waals surface area contributed by atoms with Crippen molar-refractivity contribution in [3.8, 4) is 5.75 Å². The van der Waals surface area contributed by atoms with Crippen LogP contribution in [0.1, 0.15) is 23.7 Å². The van der Waals surface area contributed by atoms with Gasteiger partial charge in [0.1, 0.15) is 11.4 Å². The molecule has 2 aromatic rings. The Morgan fingerprint density at radius 2 is 1.92 bits per heavy atom. The molecule has 25 heavy (non-hydrogen) atoms. The van der Waals surface area contributed by atoms with Crippen LogP contribution in [0.5, 0.6) is 5.75 Å². The maximum atomic E-state index is 13.6. The number of anilines is 1. The summed E-state index contributed by atoms with van der Waals surface area (Å²) < 4.78 is 45.0. The Bertz CT molecular complexity index is 827. The fourth-order valence-corrected chi connectivity index (χ4v) is 1.97. The zero-order valence-electron chi connectivity index (χ0n) is 13.0. The third kappa shape index (κ3) is 4.06. The minimum absolute atomic E-state index is 0.227. The Hall–Kier alpha value is -3.10. The zero-order chi connectivity index (χ0) is 18.6. The summed E-state index contributed by atoms with van der Waals surface area (Å²) in [6, 6.07) is 5.03. The molecule has 0 aliphatic rings. The lowest BCUT2D eigenvalue weighted by molar-refractivity contribution is -0.384. The van der Waals surface area contributed by atoms with Crippen LogP contribution in [0.2, 0.25) is 0 Å². The number of ether oxygens (including phenoxy) is 1. The summed E-state index contributed by atoms with van der Waals surface area (Å²) >= 11 is 0. The van der Waals surface area contributed by atoms with E-state index in [4.69, 9.17) is 4.74 Å². The molecule has 0 radical (unpaired) electrons. The van der Waals surface area contributed by atoms with E-state index in [1.165, 1.54) is 12.1 Å². The largest absolute Gasteiger partial charge is 0.493 e. The lowest BCUT2D eigenvalue weighted by Crippen LogP contribution is -2.16. The highest BCUT2D eigenvalue weighted by molar-refractivity contribution is 6.05. The summed E-state index contributed by atoms with van der Waals surface area (Å²) in [6.07, 6.45) is 0.696. The van der Waals surface area contributed by atoms with Crippen molar-refractivity contribution in [3.05, 3.63) is 63.5 Å². The number of nitro benzene ring substituents is 1. The van der Waals surface area contributed by atoms with Crippen molar-refractivity contribution < 1.29 is 27.6 Å². The number of halogens is 3. The standard InChI is InChI=1S/C16H13F3N2O4/c1-2-7-25-9-3-6-12(13(8-9)21(23)24)20-16(22)10-4-5-11(17)15(19)14(10)18/h3-6,8H,2,7H2,1H3,(H,20,22). The van der Waals surface area contributed by atoms with Crippen molar-refractivity contribution in [3.63, 3.8) is 0 Å². The predicted octanol–water partition coefficient (Wildman–Crippen LogP) is 4.05. The minimum atomic E-state index is -1.80. The van der Waals surface area contributed by atoms with Crippen molar-refractivity contribution in [1.82, 2.24) is 0 Å². The number of hydrogen-bond donors (Lipinski definition) is 1. The van der Waals surface area contributed by atoms with E-state index in [0.29, 0.717) is 19.1 Å². The summed E-state index contributed by atoms with van der Waals surface area (Å²) in [5, 5.41) is 13.3. The first kappa shape index (κ1) is 18.2. The lowest BCUT2D eigenvalue weighted by atomic mass is 10.1. The SMILES string of the molecule is CCCOc1ccc(NC(=O)c2ccc(F)c(F)c2F)c([N+](=O)[O-])c1. The van der Waals surface area contributed by atoms with E-state index in [-0.39, 0.29) is 11.4 Å². The zero-order valence-corrected chi connectivity index (χ0v) is 13.0. The number of nitrogens with one attached hydrogen (secondary N) is 1. The number of carbonyl (C=O) groups is 1. The molecular formula is C16H13F3N2O4. The lowest BCUT2D eigenvalue weighted by Gasteiger charge is -2.09. The van der Waals surface area contributed by atoms with E-state index in [9.17, 15) is 28.1 Å². The van der Waals surface area contributed by atoms with Crippen LogP contribution in [0.15, 0.2) is 30.3 Å². The molecule has 6 nitrogen and oxygen atoms in total. The summed E-state index contributed by atoms with van der Waals surface area (Å²) in [5.74, 6) is -5.85. The molecule has 1 amide bonds. The van der Waals surface area contributed by atoms with Gasteiger partial charge in [-0.15, -0.1) is 0 Å². The van der Waals surface area contributed by atoms with Gasteiger partial charge in [-0.25, -0.2) is 13.2 Å². The summed E-state index contributed by atoms with van der Waals surface area (Å²) in [6.45, 7) is 2.21. The van der Waals surface area contributed by atoms with Crippen molar-refractivity contribution in [2.75, 3.05) is 11.9 Å². The Morgan fingerprint density at radius 3 is 2.56 bits per heavy atom.